The van der Waals surface area contributed by atoms with Crippen LogP contribution in [-0.4, -0.2) is 26.2 Å². The molecule has 0 bridgehead atoms. The van der Waals surface area contributed by atoms with Crippen LogP contribution in [0.15, 0.2) is 64.4 Å². The van der Waals surface area contributed by atoms with Crippen molar-refractivity contribution >= 4 is 22.2 Å². The molecule has 114 valence electrons. The third-order valence-corrected chi connectivity index (χ3v) is 4.81. The van der Waals surface area contributed by atoms with E-state index in [-0.39, 0.29) is 34.8 Å². The van der Waals surface area contributed by atoms with Gasteiger partial charge in [0.25, 0.3) is 0 Å². The quantitative estimate of drug-likeness (QED) is 0.877. The number of benzene rings is 2. The Morgan fingerprint density at radius 1 is 0.952 bits per heavy atom. The van der Waals surface area contributed by atoms with Crippen LogP contribution in [0.2, 0.25) is 0 Å². The first kappa shape index (κ1) is 17.7. The molecule has 1 unspecified atom stereocenters. The third kappa shape index (κ3) is 4.28. The van der Waals surface area contributed by atoms with E-state index in [1.807, 2.05) is 0 Å². The molecule has 0 radical (unpaired) electrons. The number of nitrogens with two attached hydrogens (primary N) is 1. The molecule has 2 aromatic rings. The van der Waals surface area contributed by atoms with Crippen molar-refractivity contribution in [2.75, 3.05) is 6.61 Å². The summed E-state index contributed by atoms with van der Waals surface area (Å²) in [5.41, 5.74) is 6.55. The Labute approximate surface area is 130 Å². The van der Waals surface area contributed by atoms with Crippen molar-refractivity contribution in [3.63, 3.8) is 0 Å². The molecule has 0 spiro atoms. The molecule has 0 saturated carbocycles. The highest BCUT2D eigenvalue weighted by molar-refractivity contribution is 7.91. The first-order chi connectivity index (χ1) is 9.54. The molecule has 4 nitrogen and oxygen atoms in total. The highest BCUT2D eigenvalue weighted by Gasteiger charge is 2.16. The van der Waals surface area contributed by atoms with Gasteiger partial charge in [0.15, 0.2) is 0 Å². The van der Waals surface area contributed by atoms with Gasteiger partial charge in [-0.05, 0) is 36.2 Å². The van der Waals surface area contributed by atoms with E-state index in [4.69, 9.17) is 10.8 Å². The molecule has 0 amide bonds. The Bertz CT molecular complexity index is 657. The fourth-order valence-corrected chi connectivity index (χ4v) is 3.19. The summed E-state index contributed by atoms with van der Waals surface area (Å²) in [6, 6.07) is 14.6. The van der Waals surface area contributed by atoms with Crippen LogP contribution in [0.25, 0.3) is 0 Å². The molecule has 0 heterocycles. The van der Waals surface area contributed by atoms with Crippen LogP contribution in [-0.2, 0) is 16.3 Å². The van der Waals surface area contributed by atoms with Gasteiger partial charge in [-0.3, -0.25) is 0 Å². The number of hydrogen-bond acceptors (Lipinski definition) is 4. The van der Waals surface area contributed by atoms with Crippen LogP contribution < -0.4 is 5.73 Å². The van der Waals surface area contributed by atoms with Gasteiger partial charge in [0.1, 0.15) is 0 Å². The summed E-state index contributed by atoms with van der Waals surface area (Å²) in [5, 5.41) is 8.91. The van der Waals surface area contributed by atoms with Crippen molar-refractivity contribution in [1.82, 2.24) is 0 Å². The predicted octanol–water partition coefficient (Wildman–Crippen LogP) is 1.80. The maximum absolute atomic E-state index is 12.4. The van der Waals surface area contributed by atoms with Crippen molar-refractivity contribution in [1.29, 1.82) is 0 Å². The molecule has 6 heteroatoms. The summed E-state index contributed by atoms with van der Waals surface area (Å²) < 4.78 is 24.7. The lowest BCUT2D eigenvalue weighted by atomic mass is 10.1. The molecule has 0 aliphatic rings. The molecule has 0 fully saturated rings. The molecule has 0 aliphatic heterocycles. The molecule has 21 heavy (non-hydrogen) atoms. The third-order valence-electron chi connectivity index (χ3n) is 3.02. The van der Waals surface area contributed by atoms with E-state index < -0.39 is 9.84 Å². The number of halogens is 1. The minimum absolute atomic E-state index is 0. The normalized spacial score (nSPS) is 12.5. The second-order valence-corrected chi connectivity index (χ2v) is 6.56. The Kier molecular flexibility index (Phi) is 6.36. The van der Waals surface area contributed by atoms with Crippen LogP contribution in [0, 0.1) is 0 Å². The summed E-state index contributed by atoms with van der Waals surface area (Å²) in [6.45, 7) is -0.0932. The first-order valence-electron chi connectivity index (χ1n) is 6.29. The lowest BCUT2D eigenvalue weighted by Crippen LogP contribution is -2.26. The van der Waals surface area contributed by atoms with Gasteiger partial charge in [0, 0.05) is 6.04 Å². The van der Waals surface area contributed by atoms with E-state index in [1.165, 1.54) is 0 Å². The Morgan fingerprint density at radius 2 is 1.48 bits per heavy atom. The van der Waals surface area contributed by atoms with Gasteiger partial charge >= 0.3 is 0 Å². The van der Waals surface area contributed by atoms with Crippen molar-refractivity contribution in [2.24, 2.45) is 5.73 Å². The molecule has 2 aromatic carbocycles. The van der Waals surface area contributed by atoms with Crippen molar-refractivity contribution in [3.8, 4) is 0 Å². The van der Waals surface area contributed by atoms with E-state index >= 15 is 0 Å². The Balaban J connectivity index is 0.00000220. The van der Waals surface area contributed by atoms with Crippen LogP contribution in [0.4, 0.5) is 0 Å². The maximum Gasteiger partial charge on any atom is 0.206 e. The number of rotatable bonds is 5. The molecular formula is C15H18ClNO3S. The number of aliphatic hydroxyl groups excluding tert-OH is 1. The number of sulfone groups is 1. The van der Waals surface area contributed by atoms with E-state index in [0.717, 1.165) is 5.56 Å². The van der Waals surface area contributed by atoms with Crippen molar-refractivity contribution in [3.05, 3.63) is 60.2 Å². The first-order valence-corrected chi connectivity index (χ1v) is 7.78. The second-order valence-electron chi connectivity index (χ2n) is 4.61. The minimum atomic E-state index is -3.47. The Morgan fingerprint density at radius 3 is 2.00 bits per heavy atom. The van der Waals surface area contributed by atoms with Crippen LogP contribution in [0.3, 0.4) is 0 Å². The van der Waals surface area contributed by atoms with Gasteiger partial charge in [0.2, 0.25) is 9.84 Å². The summed E-state index contributed by atoms with van der Waals surface area (Å²) in [6.07, 6.45) is 0.516. The summed E-state index contributed by atoms with van der Waals surface area (Å²) in [4.78, 5) is 0.532. The monoisotopic (exact) mass is 327 g/mol. The topological polar surface area (TPSA) is 80.4 Å². The standard InChI is InChI=1S/C15H17NO3S.ClH/c16-13(11-17)10-12-6-8-15(9-7-12)20(18,19)14-4-2-1-3-5-14;/h1-9,13,17H,10-11,16H2;1H. The van der Waals surface area contributed by atoms with Crippen LogP contribution in [0.1, 0.15) is 5.56 Å². The molecular weight excluding hydrogens is 310 g/mol. The SMILES string of the molecule is Cl.NC(CO)Cc1ccc(S(=O)(=O)c2ccccc2)cc1. The molecule has 3 N–H and O–H groups in total. The van der Waals surface area contributed by atoms with Gasteiger partial charge in [-0.15, -0.1) is 12.4 Å². The summed E-state index contributed by atoms with van der Waals surface area (Å²) >= 11 is 0. The zero-order chi connectivity index (χ0) is 14.6. The second kappa shape index (κ2) is 7.56. The van der Waals surface area contributed by atoms with Crippen molar-refractivity contribution < 1.29 is 13.5 Å². The summed E-state index contributed by atoms with van der Waals surface area (Å²) in [7, 11) is -3.47. The van der Waals surface area contributed by atoms with Crippen LogP contribution >= 0.6 is 12.4 Å². The van der Waals surface area contributed by atoms with E-state index in [0.29, 0.717) is 6.42 Å². The average Bonchev–Trinajstić information content (AvgIpc) is 2.48. The Hall–Kier alpha value is -1.40. The lowest BCUT2D eigenvalue weighted by molar-refractivity contribution is 0.265. The fraction of sp³-hybridized carbons (Fsp3) is 0.200. The zero-order valence-corrected chi connectivity index (χ0v) is 13.0. The van der Waals surface area contributed by atoms with E-state index in [2.05, 4.69) is 0 Å². The molecule has 0 aromatic heterocycles. The molecule has 1 atom stereocenters. The smallest absolute Gasteiger partial charge is 0.206 e. The maximum atomic E-state index is 12.4. The van der Waals surface area contributed by atoms with Crippen molar-refractivity contribution in [2.45, 2.75) is 22.3 Å². The molecule has 2 rings (SSSR count). The zero-order valence-electron chi connectivity index (χ0n) is 11.3. The molecule has 0 saturated heterocycles. The van der Waals surface area contributed by atoms with Crippen LogP contribution in [0.5, 0.6) is 0 Å². The average molecular weight is 328 g/mol. The fourth-order valence-electron chi connectivity index (χ4n) is 1.91. The van der Waals surface area contributed by atoms with E-state index in [9.17, 15) is 8.42 Å². The molecule has 0 aliphatic carbocycles. The highest BCUT2D eigenvalue weighted by atomic mass is 35.5. The van der Waals surface area contributed by atoms with Gasteiger partial charge in [-0.1, -0.05) is 30.3 Å². The minimum Gasteiger partial charge on any atom is -0.395 e. The number of hydrogen-bond donors (Lipinski definition) is 2. The van der Waals surface area contributed by atoms with E-state index in [1.54, 1.807) is 54.6 Å². The largest absolute Gasteiger partial charge is 0.395 e. The highest BCUT2D eigenvalue weighted by Crippen LogP contribution is 2.20. The van der Waals surface area contributed by atoms with Gasteiger partial charge in [-0.2, -0.15) is 0 Å². The summed E-state index contributed by atoms with van der Waals surface area (Å²) in [5.74, 6) is 0. The van der Waals surface area contributed by atoms with Gasteiger partial charge < -0.3 is 10.8 Å². The van der Waals surface area contributed by atoms with Gasteiger partial charge in [0.05, 0.1) is 16.4 Å². The number of aliphatic hydroxyl groups is 1. The predicted molar refractivity (Wildman–Crippen MR) is 84.3 cm³/mol. The van der Waals surface area contributed by atoms with Gasteiger partial charge in [-0.25, -0.2) is 8.42 Å². The lowest BCUT2D eigenvalue weighted by Gasteiger charge is -2.09.